The van der Waals surface area contributed by atoms with Crippen LogP contribution < -0.4 is 16.0 Å². The molecule has 0 unspecified atom stereocenters. The summed E-state index contributed by atoms with van der Waals surface area (Å²) in [5.74, 6) is -0.762. The molecule has 0 bridgehead atoms. The minimum atomic E-state index is -4.62. The normalized spacial score (nSPS) is 17.0. The van der Waals surface area contributed by atoms with Crippen LogP contribution in [-0.2, 0) is 11.0 Å². The summed E-state index contributed by atoms with van der Waals surface area (Å²) in [6, 6.07) is 9.76. The molecule has 0 radical (unpaired) electrons. The third kappa shape index (κ3) is 4.12. The lowest BCUT2D eigenvalue weighted by molar-refractivity contribution is -0.137. The Bertz CT molecular complexity index is 956. The topological polar surface area (TPSA) is 70.2 Å². The molecule has 146 valence electrons. The van der Waals surface area contributed by atoms with E-state index in [1.54, 1.807) is 24.3 Å². The summed E-state index contributed by atoms with van der Waals surface area (Å²) in [4.78, 5) is 24.7. The zero-order chi connectivity index (χ0) is 20.5. The number of nitrogens with one attached hydrogen (secondary N) is 3. The highest BCUT2D eigenvalue weighted by Crippen LogP contribution is 2.35. The van der Waals surface area contributed by atoms with E-state index in [1.165, 1.54) is 25.1 Å². The first-order valence-electron chi connectivity index (χ1n) is 8.18. The van der Waals surface area contributed by atoms with Gasteiger partial charge in [0.1, 0.15) is 0 Å². The molecule has 3 amide bonds. The molecule has 2 aromatic carbocycles. The van der Waals surface area contributed by atoms with Crippen LogP contribution in [0.3, 0.4) is 0 Å². The highest BCUT2D eigenvalue weighted by atomic mass is 35.5. The molecule has 1 heterocycles. The lowest BCUT2D eigenvalue weighted by atomic mass is 9.94. The van der Waals surface area contributed by atoms with Gasteiger partial charge in [-0.3, -0.25) is 4.79 Å². The molecule has 3 rings (SSSR count). The maximum atomic E-state index is 13.2. The Morgan fingerprint density at radius 1 is 1.11 bits per heavy atom. The lowest BCUT2D eigenvalue weighted by Gasteiger charge is -2.29. The second-order valence-corrected chi connectivity index (χ2v) is 6.56. The van der Waals surface area contributed by atoms with Crippen molar-refractivity contribution in [2.45, 2.75) is 19.1 Å². The number of urea groups is 1. The third-order valence-electron chi connectivity index (χ3n) is 4.20. The molecule has 5 nitrogen and oxygen atoms in total. The van der Waals surface area contributed by atoms with Gasteiger partial charge in [0, 0.05) is 10.7 Å². The number of halogens is 4. The minimum Gasteiger partial charge on any atom is -0.327 e. The number of carbonyl (C=O) groups is 2. The molecule has 0 aliphatic carbocycles. The van der Waals surface area contributed by atoms with Crippen molar-refractivity contribution in [3.05, 3.63) is 76.0 Å². The first kappa shape index (κ1) is 19.8. The summed E-state index contributed by atoms with van der Waals surface area (Å²) >= 11 is 5.88. The number of alkyl halides is 3. The van der Waals surface area contributed by atoms with Gasteiger partial charge in [0.2, 0.25) is 0 Å². The number of benzene rings is 2. The van der Waals surface area contributed by atoms with Crippen LogP contribution in [0, 0.1) is 0 Å². The Hall–Kier alpha value is -3.00. The van der Waals surface area contributed by atoms with E-state index in [0.717, 1.165) is 6.07 Å². The molecule has 0 aromatic heterocycles. The van der Waals surface area contributed by atoms with Gasteiger partial charge in [-0.05, 0) is 36.8 Å². The molecule has 0 spiro atoms. The maximum absolute atomic E-state index is 13.2. The quantitative estimate of drug-likeness (QED) is 0.692. The van der Waals surface area contributed by atoms with Crippen LogP contribution >= 0.6 is 11.6 Å². The number of para-hydroxylation sites is 1. The molecular weight excluding hydrogens is 395 g/mol. The number of anilines is 1. The smallest absolute Gasteiger partial charge is 0.327 e. The molecule has 28 heavy (non-hydrogen) atoms. The van der Waals surface area contributed by atoms with Crippen molar-refractivity contribution in [3.8, 4) is 0 Å². The van der Waals surface area contributed by atoms with Crippen molar-refractivity contribution in [1.29, 1.82) is 0 Å². The van der Waals surface area contributed by atoms with Gasteiger partial charge in [-0.15, -0.1) is 0 Å². The van der Waals surface area contributed by atoms with Crippen LogP contribution in [0.25, 0.3) is 0 Å². The summed E-state index contributed by atoms with van der Waals surface area (Å²) in [6.07, 6.45) is -4.62. The Morgan fingerprint density at radius 2 is 1.75 bits per heavy atom. The van der Waals surface area contributed by atoms with Gasteiger partial charge >= 0.3 is 12.2 Å². The van der Waals surface area contributed by atoms with Crippen LogP contribution in [0.4, 0.5) is 23.7 Å². The lowest BCUT2D eigenvalue weighted by Crippen LogP contribution is -2.46. The molecule has 0 saturated heterocycles. The fraction of sp³-hybridized carbons (Fsp3) is 0.158. The Kier molecular flexibility index (Phi) is 5.33. The minimum absolute atomic E-state index is 0.0962. The predicted octanol–water partition coefficient (Wildman–Crippen LogP) is 4.63. The van der Waals surface area contributed by atoms with Gasteiger partial charge < -0.3 is 16.0 Å². The standard InChI is InChI=1S/C19H15ClF3N3O2/c1-10-15(16(26-18(28)24-10)11-6-8-12(20)9-7-11)17(27)25-14-5-3-2-4-13(14)19(21,22)23/h2-9,16H,1H3,(H,25,27)(H2,24,26,28)/t16-/m0/s1. The number of amides is 3. The van der Waals surface area contributed by atoms with Crippen molar-refractivity contribution < 1.29 is 22.8 Å². The van der Waals surface area contributed by atoms with Gasteiger partial charge in [0.05, 0.1) is 22.9 Å². The van der Waals surface area contributed by atoms with Crippen molar-refractivity contribution in [3.63, 3.8) is 0 Å². The van der Waals surface area contributed by atoms with E-state index in [0.29, 0.717) is 10.6 Å². The fourth-order valence-electron chi connectivity index (χ4n) is 2.93. The number of carbonyl (C=O) groups excluding carboxylic acids is 2. The monoisotopic (exact) mass is 409 g/mol. The van der Waals surface area contributed by atoms with E-state index in [1.807, 2.05) is 0 Å². The Balaban J connectivity index is 1.98. The van der Waals surface area contributed by atoms with E-state index in [-0.39, 0.29) is 17.0 Å². The summed E-state index contributed by atoms with van der Waals surface area (Å²) in [7, 11) is 0. The molecular formula is C19H15ClF3N3O2. The second-order valence-electron chi connectivity index (χ2n) is 6.12. The highest BCUT2D eigenvalue weighted by Gasteiger charge is 2.35. The number of hydrogen-bond acceptors (Lipinski definition) is 2. The molecule has 1 aliphatic heterocycles. The zero-order valence-electron chi connectivity index (χ0n) is 14.5. The van der Waals surface area contributed by atoms with Crippen LogP contribution in [0.15, 0.2) is 59.8 Å². The Morgan fingerprint density at radius 3 is 2.39 bits per heavy atom. The zero-order valence-corrected chi connectivity index (χ0v) is 15.3. The molecule has 9 heteroatoms. The third-order valence-corrected chi connectivity index (χ3v) is 4.45. The number of allylic oxidation sites excluding steroid dienone is 1. The van der Waals surface area contributed by atoms with E-state index in [9.17, 15) is 22.8 Å². The highest BCUT2D eigenvalue weighted by molar-refractivity contribution is 6.30. The summed E-state index contributed by atoms with van der Waals surface area (Å²) in [5.41, 5.74) is -0.429. The molecule has 1 atom stereocenters. The van der Waals surface area contributed by atoms with Gasteiger partial charge in [0.25, 0.3) is 5.91 Å². The molecule has 2 aromatic rings. The first-order chi connectivity index (χ1) is 13.2. The average Bonchev–Trinajstić information content (AvgIpc) is 2.61. The molecule has 0 fully saturated rings. The van der Waals surface area contributed by atoms with Crippen molar-refractivity contribution in [2.24, 2.45) is 0 Å². The van der Waals surface area contributed by atoms with E-state index < -0.39 is 29.7 Å². The Labute approximate surface area is 163 Å². The van der Waals surface area contributed by atoms with Gasteiger partial charge in [-0.25, -0.2) is 4.79 Å². The van der Waals surface area contributed by atoms with E-state index in [4.69, 9.17) is 11.6 Å². The van der Waals surface area contributed by atoms with Crippen molar-refractivity contribution in [1.82, 2.24) is 10.6 Å². The number of hydrogen-bond donors (Lipinski definition) is 3. The fourth-order valence-corrected chi connectivity index (χ4v) is 3.06. The van der Waals surface area contributed by atoms with Gasteiger partial charge in [-0.2, -0.15) is 13.2 Å². The van der Waals surface area contributed by atoms with E-state index in [2.05, 4.69) is 16.0 Å². The number of rotatable bonds is 3. The maximum Gasteiger partial charge on any atom is 0.418 e. The van der Waals surface area contributed by atoms with Crippen LogP contribution in [0.5, 0.6) is 0 Å². The summed E-state index contributed by atoms with van der Waals surface area (Å²) < 4.78 is 39.6. The second kappa shape index (κ2) is 7.55. The average molecular weight is 410 g/mol. The SMILES string of the molecule is CC1=C(C(=O)Nc2ccccc2C(F)(F)F)[C@H](c2ccc(Cl)cc2)NC(=O)N1. The first-order valence-corrected chi connectivity index (χ1v) is 8.56. The van der Waals surface area contributed by atoms with Gasteiger partial charge in [-0.1, -0.05) is 35.9 Å². The largest absolute Gasteiger partial charge is 0.418 e. The van der Waals surface area contributed by atoms with Crippen molar-refractivity contribution >= 4 is 29.2 Å². The molecule has 3 N–H and O–H groups in total. The van der Waals surface area contributed by atoms with E-state index >= 15 is 0 Å². The molecule has 0 saturated carbocycles. The summed E-state index contributed by atoms with van der Waals surface area (Å²) in [5, 5.41) is 7.86. The predicted molar refractivity (Wildman–Crippen MR) is 98.6 cm³/mol. The summed E-state index contributed by atoms with van der Waals surface area (Å²) in [6.45, 7) is 1.51. The van der Waals surface area contributed by atoms with Crippen LogP contribution in [-0.4, -0.2) is 11.9 Å². The van der Waals surface area contributed by atoms with Gasteiger partial charge in [0.15, 0.2) is 0 Å². The molecule has 1 aliphatic rings. The van der Waals surface area contributed by atoms with Crippen LogP contribution in [0.2, 0.25) is 5.02 Å². The van der Waals surface area contributed by atoms with Crippen LogP contribution in [0.1, 0.15) is 24.1 Å². The van der Waals surface area contributed by atoms with Crippen molar-refractivity contribution in [2.75, 3.05) is 5.32 Å².